The Bertz CT molecular complexity index is 576. The highest BCUT2D eigenvalue weighted by atomic mass is 35.5. The number of hydrogen-bond acceptors (Lipinski definition) is 5. The molecular formula is C15H22ClN5O2. The van der Waals surface area contributed by atoms with Crippen LogP contribution >= 0.6 is 12.4 Å². The molecule has 0 aliphatic rings. The van der Waals surface area contributed by atoms with E-state index in [1.54, 1.807) is 18.0 Å². The van der Waals surface area contributed by atoms with Crippen LogP contribution in [0.4, 0.5) is 0 Å². The normalized spacial score (nSPS) is 10.1. The maximum Gasteiger partial charge on any atom is 0.273 e. The summed E-state index contributed by atoms with van der Waals surface area (Å²) < 4.78 is 6.57. The third-order valence-corrected chi connectivity index (χ3v) is 3.03. The lowest BCUT2D eigenvalue weighted by Gasteiger charge is -2.04. The molecule has 2 rings (SSSR count). The van der Waals surface area contributed by atoms with Crippen molar-refractivity contribution in [1.82, 2.24) is 25.6 Å². The van der Waals surface area contributed by atoms with E-state index in [4.69, 9.17) is 4.74 Å². The van der Waals surface area contributed by atoms with Crippen molar-refractivity contribution in [2.45, 2.75) is 6.54 Å². The fourth-order valence-corrected chi connectivity index (χ4v) is 1.90. The summed E-state index contributed by atoms with van der Waals surface area (Å²) in [6, 6.07) is 9.91. The topological polar surface area (TPSA) is 81.1 Å². The lowest BCUT2D eigenvalue weighted by atomic mass is 10.2. The van der Waals surface area contributed by atoms with E-state index in [0.717, 1.165) is 12.1 Å². The maximum atomic E-state index is 11.9. The van der Waals surface area contributed by atoms with Crippen molar-refractivity contribution in [3.63, 3.8) is 0 Å². The molecule has 0 atom stereocenters. The quantitative estimate of drug-likeness (QED) is 0.658. The number of aromatic nitrogens is 3. The number of benzene rings is 1. The van der Waals surface area contributed by atoms with E-state index in [-0.39, 0.29) is 18.3 Å². The van der Waals surface area contributed by atoms with Gasteiger partial charge in [0.2, 0.25) is 0 Å². The Morgan fingerprint density at radius 2 is 2.00 bits per heavy atom. The minimum absolute atomic E-state index is 0. The molecule has 126 valence electrons. The number of ether oxygens (including phenoxy) is 1. The third-order valence-electron chi connectivity index (χ3n) is 3.03. The van der Waals surface area contributed by atoms with E-state index < -0.39 is 0 Å². The van der Waals surface area contributed by atoms with Crippen LogP contribution in [0.15, 0.2) is 36.5 Å². The maximum absolute atomic E-state index is 11.9. The minimum atomic E-state index is -0.215. The average molecular weight is 340 g/mol. The Labute approximate surface area is 141 Å². The summed E-state index contributed by atoms with van der Waals surface area (Å²) in [4.78, 5) is 11.9. The number of rotatable bonds is 9. The molecule has 0 aliphatic heterocycles. The first kappa shape index (κ1) is 19.1. The van der Waals surface area contributed by atoms with Crippen LogP contribution in [0.2, 0.25) is 0 Å². The van der Waals surface area contributed by atoms with E-state index in [2.05, 4.69) is 20.9 Å². The van der Waals surface area contributed by atoms with Crippen molar-refractivity contribution in [2.75, 3.05) is 33.4 Å². The van der Waals surface area contributed by atoms with Crippen molar-refractivity contribution >= 4 is 18.3 Å². The fraction of sp³-hybridized carbons (Fsp3) is 0.400. The standard InChI is InChI=1S/C15H21N5O2.ClH/c1-22-10-9-16-7-8-17-15(21)14-12-20(19-18-14)11-13-5-3-2-4-6-13;/h2-6,12,16H,7-11H2,1H3,(H,17,21);1H. The number of methoxy groups -OCH3 is 1. The van der Waals surface area contributed by atoms with Gasteiger partial charge in [-0.1, -0.05) is 35.5 Å². The van der Waals surface area contributed by atoms with Gasteiger partial charge in [0.25, 0.3) is 5.91 Å². The van der Waals surface area contributed by atoms with Gasteiger partial charge in [-0.15, -0.1) is 17.5 Å². The van der Waals surface area contributed by atoms with Gasteiger partial charge in [0, 0.05) is 26.7 Å². The van der Waals surface area contributed by atoms with E-state index in [1.807, 2.05) is 30.3 Å². The molecule has 8 heteroatoms. The van der Waals surface area contributed by atoms with Gasteiger partial charge in [-0.05, 0) is 5.56 Å². The molecule has 0 saturated heterocycles. The monoisotopic (exact) mass is 339 g/mol. The number of nitrogens with one attached hydrogen (secondary N) is 2. The molecule has 0 unspecified atom stereocenters. The Balaban J connectivity index is 0.00000264. The second-order valence-corrected chi connectivity index (χ2v) is 4.79. The molecule has 0 spiro atoms. The Hall–Kier alpha value is -1.96. The van der Waals surface area contributed by atoms with E-state index >= 15 is 0 Å². The molecule has 1 aromatic heterocycles. The van der Waals surface area contributed by atoms with Crippen LogP contribution in [0.25, 0.3) is 0 Å². The molecule has 0 saturated carbocycles. The van der Waals surface area contributed by atoms with Crippen molar-refractivity contribution in [2.24, 2.45) is 0 Å². The summed E-state index contributed by atoms with van der Waals surface area (Å²) >= 11 is 0. The molecule has 1 aromatic carbocycles. The number of amides is 1. The van der Waals surface area contributed by atoms with Gasteiger partial charge in [-0.25, -0.2) is 4.68 Å². The van der Waals surface area contributed by atoms with Gasteiger partial charge >= 0.3 is 0 Å². The lowest BCUT2D eigenvalue weighted by molar-refractivity contribution is 0.0948. The summed E-state index contributed by atoms with van der Waals surface area (Å²) in [5, 5.41) is 13.8. The van der Waals surface area contributed by atoms with Crippen LogP contribution in [0, 0.1) is 0 Å². The minimum Gasteiger partial charge on any atom is -0.383 e. The molecule has 1 amide bonds. The van der Waals surface area contributed by atoms with Crippen LogP contribution in [0.5, 0.6) is 0 Å². The Morgan fingerprint density at radius 3 is 2.74 bits per heavy atom. The van der Waals surface area contributed by atoms with Gasteiger partial charge in [0.1, 0.15) is 0 Å². The molecule has 0 aliphatic carbocycles. The number of carbonyl (C=O) groups excluding carboxylic acids is 1. The van der Waals surface area contributed by atoms with Gasteiger partial charge in [0.05, 0.1) is 19.3 Å². The predicted octanol–water partition coefficient (Wildman–Crippen LogP) is 0.714. The van der Waals surface area contributed by atoms with Crippen LogP contribution in [-0.4, -0.2) is 54.3 Å². The van der Waals surface area contributed by atoms with Crippen LogP contribution < -0.4 is 10.6 Å². The highest BCUT2D eigenvalue weighted by Crippen LogP contribution is 2.02. The van der Waals surface area contributed by atoms with Crippen LogP contribution in [0.1, 0.15) is 16.1 Å². The molecular weight excluding hydrogens is 318 g/mol. The van der Waals surface area contributed by atoms with E-state index in [0.29, 0.717) is 31.9 Å². The molecule has 0 radical (unpaired) electrons. The van der Waals surface area contributed by atoms with E-state index in [9.17, 15) is 4.79 Å². The zero-order chi connectivity index (χ0) is 15.6. The second-order valence-electron chi connectivity index (χ2n) is 4.79. The van der Waals surface area contributed by atoms with Gasteiger partial charge < -0.3 is 15.4 Å². The van der Waals surface area contributed by atoms with Gasteiger partial charge in [0.15, 0.2) is 5.69 Å². The van der Waals surface area contributed by atoms with Gasteiger partial charge in [-0.2, -0.15) is 0 Å². The highest BCUT2D eigenvalue weighted by Gasteiger charge is 2.10. The average Bonchev–Trinajstić information content (AvgIpc) is 3.00. The molecule has 7 nitrogen and oxygen atoms in total. The summed E-state index contributed by atoms with van der Waals surface area (Å²) in [5.74, 6) is -0.215. The molecule has 0 bridgehead atoms. The number of nitrogens with zero attached hydrogens (tertiary/aromatic N) is 3. The number of carbonyl (C=O) groups is 1. The smallest absolute Gasteiger partial charge is 0.273 e. The largest absolute Gasteiger partial charge is 0.383 e. The first-order valence-corrected chi connectivity index (χ1v) is 7.21. The Kier molecular flexibility index (Phi) is 8.89. The summed E-state index contributed by atoms with van der Waals surface area (Å²) in [7, 11) is 1.65. The second kappa shape index (κ2) is 10.7. The van der Waals surface area contributed by atoms with Crippen LogP contribution in [-0.2, 0) is 11.3 Å². The zero-order valence-corrected chi connectivity index (χ0v) is 13.9. The number of hydrogen-bond donors (Lipinski definition) is 2. The molecule has 2 aromatic rings. The van der Waals surface area contributed by atoms with Crippen molar-refractivity contribution in [1.29, 1.82) is 0 Å². The lowest BCUT2D eigenvalue weighted by Crippen LogP contribution is -2.33. The summed E-state index contributed by atoms with van der Waals surface area (Å²) in [5.41, 5.74) is 1.44. The van der Waals surface area contributed by atoms with Crippen molar-refractivity contribution < 1.29 is 9.53 Å². The number of halogens is 1. The fourth-order valence-electron chi connectivity index (χ4n) is 1.90. The summed E-state index contributed by atoms with van der Waals surface area (Å²) in [6.07, 6.45) is 1.65. The zero-order valence-electron chi connectivity index (χ0n) is 13.1. The highest BCUT2D eigenvalue weighted by molar-refractivity contribution is 5.91. The van der Waals surface area contributed by atoms with Crippen LogP contribution in [0.3, 0.4) is 0 Å². The molecule has 2 N–H and O–H groups in total. The first-order chi connectivity index (χ1) is 10.8. The molecule has 23 heavy (non-hydrogen) atoms. The predicted molar refractivity (Wildman–Crippen MR) is 89.9 cm³/mol. The Morgan fingerprint density at radius 1 is 1.22 bits per heavy atom. The van der Waals surface area contributed by atoms with Crippen molar-refractivity contribution in [3.05, 3.63) is 47.8 Å². The third kappa shape index (κ3) is 6.77. The van der Waals surface area contributed by atoms with Gasteiger partial charge in [-0.3, -0.25) is 4.79 Å². The van der Waals surface area contributed by atoms with Crippen molar-refractivity contribution in [3.8, 4) is 0 Å². The molecule has 1 heterocycles. The first-order valence-electron chi connectivity index (χ1n) is 7.21. The summed E-state index contributed by atoms with van der Waals surface area (Å²) in [6.45, 7) is 3.24. The molecule has 0 fully saturated rings. The SMILES string of the molecule is COCCNCCNC(=O)c1cn(Cc2ccccc2)nn1.Cl. The van der Waals surface area contributed by atoms with E-state index in [1.165, 1.54) is 0 Å².